The van der Waals surface area contributed by atoms with Crippen LogP contribution in [0.25, 0.3) is 0 Å². The van der Waals surface area contributed by atoms with Gasteiger partial charge in [-0.25, -0.2) is 4.79 Å². The van der Waals surface area contributed by atoms with Gasteiger partial charge in [0.05, 0.1) is 0 Å². The van der Waals surface area contributed by atoms with Crippen LogP contribution in [0.3, 0.4) is 0 Å². The van der Waals surface area contributed by atoms with Crippen LogP contribution in [-0.4, -0.2) is 47.6 Å². The zero-order valence-electron chi connectivity index (χ0n) is 8.78. The van der Waals surface area contributed by atoms with Crippen LogP contribution in [0.2, 0.25) is 0 Å². The predicted molar refractivity (Wildman–Crippen MR) is 57.4 cm³/mol. The lowest BCUT2D eigenvalue weighted by molar-refractivity contribution is -0.126. The molecular formula is C9H16N2O2S. The zero-order valence-corrected chi connectivity index (χ0v) is 9.67. The molecule has 1 heterocycles. The molecule has 0 radical (unpaired) electrons. The molecule has 0 atom stereocenters. The van der Waals surface area contributed by atoms with Gasteiger partial charge in [-0.05, 0) is 11.2 Å². The molecule has 0 spiro atoms. The Kier molecular flexibility index (Phi) is 3.09. The quantitative estimate of drug-likeness (QED) is 0.561. The average molecular weight is 216 g/mol. The topological polar surface area (TPSA) is 40.6 Å². The largest absolute Gasteiger partial charge is 0.326 e. The maximum absolute atomic E-state index is 11.5. The molecule has 5 heteroatoms. The minimum Gasteiger partial charge on any atom is -0.318 e. The lowest BCUT2D eigenvalue weighted by atomic mass is 9.96. The van der Waals surface area contributed by atoms with Gasteiger partial charge in [-0.3, -0.25) is 9.69 Å². The first kappa shape index (κ1) is 11.4. The average Bonchev–Trinajstić information content (AvgIpc) is 2.32. The van der Waals surface area contributed by atoms with Crippen LogP contribution >= 0.6 is 12.6 Å². The molecule has 1 saturated heterocycles. The van der Waals surface area contributed by atoms with Gasteiger partial charge < -0.3 is 4.90 Å². The van der Waals surface area contributed by atoms with Gasteiger partial charge in [0.2, 0.25) is 5.91 Å². The summed E-state index contributed by atoms with van der Waals surface area (Å²) >= 11 is 4.19. The number of carbonyl (C=O) groups is 2. The number of thiol groups is 1. The zero-order chi connectivity index (χ0) is 10.9. The fourth-order valence-electron chi connectivity index (χ4n) is 1.30. The molecule has 0 unspecified atom stereocenters. The van der Waals surface area contributed by atoms with Crippen LogP contribution < -0.4 is 0 Å². The number of nitrogens with zero attached hydrogens (tertiary/aromatic N) is 2. The van der Waals surface area contributed by atoms with Crippen molar-refractivity contribution in [3.8, 4) is 0 Å². The standard InChI is InChI=1S/C9H16N2O2S/c1-9(2,6-14)5-11-7(12)4-10(3)8(11)13/h14H,4-6H2,1-3H3. The molecule has 1 aliphatic heterocycles. The van der Waals surface area contributed by atoms with Crippen molar-refractivity contribution in [2.75, 3.05) is 25.9 Å². The van der Waals surface area contributed by atoms with E-state index in [-0.39, 0.29) is 23.9 Å². The van der Waals surface area contributed by atoms with E-state index in [2.05, 4.69) is 12.6 Å². The van der Waals surface area contributed by atoms with Crippen LogP contribution in [0.1, 0.15) is 13.8 Å². The Morgan fingerprint density at radius 2 is 2.00 bits per heavy atom. The van der Waals surface area contributed by atoms with Crippen LogP contribution in [0.15, 0.2) is 0 Å². The summed E-state index contributed by atoms with van der Waals surface area (Å²) in [6.45, 7) is 4.61. The Labute approximate surface area is 89.7 Å². The van der Waals surface area contributed by atoms with Crippen LogP contribution in [-0.2, 0) is 4.79 Å². The third kappa shape index (κ3) is 2.20. The van der Waals surface area contributed by atoms with Crippen molar-refractivity contribution in [2.45, 2.75) is 13.8 Å². The number of imide groups is 1. The van der Waals surface area contributed by atoms with Gasteiger partial charge in [0, 0.05) is 13.6 Å². The minimum absolute atomic E-state index is 0.118. The van der Waals surface area contributed by atoms with Crippen molar-refractivity contribution in [3.05, 3.63) is 0 Å². The molecule has 0 bridgehead atoms. The molecule has 0 aromatic rings. The Bertz CT molecular complexity index is 266. The van der Waals surface area contributed by atoms with Gasteiger partial charge in [-0.1, -0.05) is 13.8 Å². The highest BCUT2D eigenvalue weighted by molar-refractivity contribution is 7.80. The van der Waals surface area contributed by atoms with Gasteiger partial charge >= 0.3 is 6.03 Å². The Hall–Kier alpha value is -0.710. The van der Waals surface area contributed by atoms with E-state index < -0.39 is 0 Å². The first-order valence-corrected chi connectivity index (χ1v) is 5.17. The van der Waals surface area contributed by atoms with E-state index >= 15 is 0 Å². The maximum Gasteiger partial charge on any atom is 0.326 e. The second kappa shape index (κ2) is 3.81. The molecule has 0 aromatic heterocycles. The second-order valence-corrected chi connectivity index (χ2v) is 4.76. The van der Waals surface area contributed by atoms with E-state index in [0.29, 0.717) is 12.3 Å². The molecule has 0 aliphatic carbocycles. The third-order valence-corrected chi connectivity index (χ3v) is 3.10. The summed E-state index contributed by atoms with van der Waals surface area (Å²) in [7, 11) is 1.63. The second-order valence-electron chi connectivity index (χ2n) is 4.44. The Morgan fingerprint density at radius 1 is 1.43 bits per heavy atom. The summed E-state index contributed by atoms with van der Waals surface area (Å²) in [5.74, 6) is 0.528. The number of carbonyl (C=O) groups excluding carboxylic acids is 2. The van der Waals surface area contributed by atoms with Crippen molar-refractivity contribution in [3.63, 3.8) is 0 Å². The smallest absolute Gasteiger partial charge is 0.318 e. The first-order valence-electron chi connectivity index (χ1n) is 4.54. The lowest BCUT2D eigenvalue weighted by Crippen LogP contribution is -2.40. The molecule has 0 N–H and O–H groups in total. The number of hydrogen-bond donors (Lipinski definition) is 1. The van der Waals surface area contributed by atoms with E-state index in [1.807, 2.05) is 13.8 Å². The van der Waals surface area contributed by atoms with Crippen LogP contribution in [0.4, 0.5) is 4.79 Å². The Balaban J connectivity index is 2.70. The first-order chi connectivity index (χ1) is 6.37. The molecule has 1 fully saturated rings. The van der Waals surface area contributed by atoms with E-state index in [0.717, 1.165) is 0 Å². The number of likely N-dealkylation sites (N-methyl/N-ethyl adjacent to an activating group) is 1. The molecule has 4 nitrogen and oxygen atoms in total. The fourth-order valence-corrected chi connectivity index (χ4v) is 1.40. The van der Waals surface area contributed by atoms with Gasteiger partial charge in [-0.2, -0.15) is 12.6 Å². The molecule has 3 amide bonds. The molecule has 1 aliphatic rings. The summed E-state index contributed by atoms with van der Waals surface area (Å²) in [5, 5.41) is 0. The summed E-state index contributed by atoms with van der Waals surface area (Å²) in [6, 6.07) is -0.204. The molecular weight excluding hydrogens is 200 g/mol. The lowest BCUT2D eigenvalue weighted by Gasteiger charge is -2.26. The molecule has 14 heavy (non-hydrogen) atoms. The van der Waals surface area contributed by atoms with Gasteiger partial charge in [-0.15, -0.1) is 0 Å². The minimum atomic E-state index is -0.204. The highest BCUT2D eigenvalue weighted by Gasteiger charge is 2.36. The van der Waals surface area contributed by atoms with E-state index in [4.69, 9.17) is 0 Å². The third-order valence-electron chi connectivity index (χ3n) is 2.25. The maximum atomic E-state index is 11.5. The summed E-state index contributed by atoms with van der Waals surface area (Å²) < 4.78 is 0. The summed E-state index contributed by atoms with van der Waals surface area (Å²) in [6.07, 6.45) is 0. The molecule has 0 aromatic carbocycles. The van der Waals surface area contributed by atoms with Crippen molar-refractivity contribution < 1.29 is 9.59 Å². The number of hydrogen-bond acceptors (Lipinski definition) is 3. The molecule has 80 valence electrons. The highest BCUT2D eigenvalue weighted by Crippen LogP contribution is 2.21. The van der Waals surface area contributed by atoms with Crippen molar-refractivity contribution in [1.82, 2.24) is 9.80 Å². The highest BCUT2D eigenvalue weighted by atomic mass is 32.1. The Morgan fingerprint density at radius 3 is 2.36 bits per heavy atom. The normalized spacial score (nSPS) is 18.3. The number of urea groups is 1. The monoisotopic (exact) mass is 216 g/mol. The number of rotatable bonds is 3. The van der Waals surface area contributed by atoms with Crippen molar-refractivity contribution in [1.29, 1.82) is 0 Å². The van der Waals surface area contributed by atoms with Crippen LogP contribution in [0.5, 0.6) is 0 Å². The van der Waals surface area contributed by atoms with E-state index in [9.17, 15) is 9.59 Å². The number of amides is 3. The van der Waals surface area contributed by atoms with Gasteiger partial charge in [0.1, 0.15) is 6.54 Å². The van der Waals surface area contributed by atoms with Crippen LogP contribution in [0, 0.1) is 5.41 Å². The summed E-state index contributed by atoms with van der Waals surface area (Å²) in [4.78, 5) is 25.7. The van der Waals surface area contributed by atoms with E-state index in [1.54, 1.807) is 7.05 Å². The fraction of sp³-hybridized carbons (Fsp3) is 0.778. The van der Waals surface area contributed by atoms with E-state index in [1.165, 1.54) is 9.80 Å². The van der Waals surface area contributed by atoms with Crippen molar-refractivity contribution >= 4 is 24.6 Å². The van der Waals surface area contributed by atoms with Crippen molar-refractivity contribution in [2.24, 2.45) is 5.41 Å². The van der Waals surface area contributed by atoms with Gasteiger partial charge in [0.15, 0.2) is 0 Å². The SMILES string of the molecule is CN1CC(=O)N(CC(C)(C)CS)C1=O. The molecule has 0 saturated carbocycles. The summed E-state index contributed by atoms with van der Waals surface area (Å²) in [5.41, 5.74) is -0.125. The van der Waals surface area contributed by atoms with Gasteiger partial charge in [0.25, 0.3) is 0 Å². The predicted octanol–water partition coefficient (Wildman–Crippen LogP) is 0.836. The molecule has 1 rings (SSSR count).